The zero-order valence-corrected chi connectivity index (χ0v) is 4.40. The summed E-state index contributed by atoms with van der Waals surface area (Å²) in [5, 5.41) is 0. The summed E-state index contributed by atoms with van der Waals surface area (Å²) < 4.78 is 30.1. The van der Waals surface area contributed by atoms with E-state index >= 15 is 0 Å². The summed E-state index contributed by atoms with van der Waals surface area (Å²) in [7, 11) is -2.43. The zero-order chi connectivity index (χ0) is 5.70. The third kappa shape index (κ3) is 5.62. The van der Waals surface area contributed by atoms with Gasteiger partial charge in [-0.15, -0.1) is 0 Å². The fourth-order valence-corrected chi connectivity index (χ4v) is 0.378. The van der Waals surface area contributed by atoms with Gasteiger partial charge >= 0.3 is 0 Å². The molecule has 0 aromatic carbocycles. The predicted molar refractivity (Wildman–Crippen MR) is 25.4 cm³/mol. The minimum absolute atomic E-state index is 0.203. The molecule has 0 spiro atoms. The van der Waals surface area contributed by atoms with Crippen LogP contribution in [-0.4, -0.2) is 14.2 Å². The molecule has 0 saturated carbocycles. The van der Waals surface area contributed by atoms with Gasteiger partial charge in [0.1, 0.15) is 10.7 Å². The van der Waals surface area contributed by atoms with E-state index in [0.29, 0.717) is 0 Å². The fourth-order valence-electron chi connectivity index (χ4n) is 0.126. The van der Waals surface area contributed by atoms with Crippen LogP contribution in [-0.2, 0) is 10.7 Å². The molecule has 2 nitrogen and oxygen atoms in total. The molecule has 0 atom stereocenters. The molecule has 4 heteroatoms. The van der Waals surface area contributed by atoms with E-state index < -0.39 is 10.7 Å². The van der Waals surface area contributed by atoms with Gasteiger partial charge < -0.3 is 0 Å². The molecule has 0 aliphatic carbocycles. The van der Waals surface area contributed by atoms with Gasteiger partial charge in [0.25, 0.3) is 0 Å². The minimum Gasteiger partial charge on any atom is -0.232 e. The first-order chi connectivity index (χ1) is 3.27. The number of thiol groups is 1. The van der Waals surface area contributed by atoms with Crippen molar-refractivity contribution in [1.29, 1.82) is 0 Å². The van der Waals surface area contributed by atoms with Crippen molar-refractivity contribution in [3.8, 4) is 0 Å². The van der Waals surface area contributed by atoms with Crippen LogP contribution < -0.4 is 0 Å². The lowest BCUT2D eigenvalue weighted by Gasteiger charge is -1.67. The van der Waals surface area contributed by atoms with E-state index in [1.165, 1.54) is 0 Å². The quantitative estimate of drug-likeness (QED) is 0.529. The first kappa shape index (κ1) is 6.62. The lowest BCUT2D eigenvalue weighted by molar-refractivity contribution is 0.616. The summed E-state index contributed by atoms with van der Waals surface area (Å²) in [4.78, 5) is 0. The fraction of sp³-hybridized carbons (Fsp3) is 0.333. The molecule has 0 saturated heterocycles. The highest BCUT2D eigenvalue weighted by Crippen LogP contribution is 1.71. The lowest BCUT2D eigenvalue weighted by Crippen LogP contribution is -1.77. The van der Waals surface area contributed by atoms with Crippen molar-refractivity contribution in [1.82, 2.24) is 0 Å². The molecule has 0 N–H and O–H groups in total. The lowest BCUT2D eigenvalue weighted by atomic mass is 10.7. The molecule has 0 unspecified atom stereocenters. The SMILES string of the molecule is O=[SH](=O)CC=CF. The van der Waals surface area contributed by atoms with Crippen LogP contribution in [0.2, 0.25) is 0 Å². The van der Waals surface area contributed by atoms with Gasteiger partial charge in [-0.3, -0.25) is 0 Å². The van der Waals surface area contributed by atoms with E-state index in [2.05, 4.69) is 0 Å². The Morgan fingerprint density at radius 2 is 2.14 bits per heavy atom. The van der Waals surface area contributed by atoms with Crippen LogP contribution in [0.3, 0.4) is 0 Å². The van der Waals surface area contributed by atoms with Gasteiger partial charge in [-0.1, -0.05) is 0 Å². The van der Waals surface area contributed by atoms with Crippen LogP contribution in [0.4, 0.5) is 4.39 Å². The van der Waals surface area contributed by atoms with Gasteiger partial charge in [0.2, 0.25) is 0 Å². The summed E-state index contributed by atoms with van der Waals surface area (Å²) in [5.41, 5.74) is 0. The molecular formula is C3H5FO2S. The smallest absolute Gasteiger partial charge is 0.143 e. The Hall–Kier alpha value is -0.380. The first-order valence-electron chi connectivity index (χ1n) is 1.64. The Morgan fingerprint density at radius 3 is 2.29 bits per heavy atom. The summed E-state index contributed by atoms with van der Waals surface area (Å²) in [5.74, 6) is -0.203. The molecule has 0 amide bonds. The van der Waals surface area contributed by atoms with Crippen LogP contribution in [0.5, 0.6) is 0 Å². The Kier molecular flexibility index (Phi) is 3.59. The minimum atomic E-state index is -2.43. The van der Waals surface area contributed by atoms with E-state index in [4.69, 9.17) is 0 Å². The van der Waals surface area contributed by atoms with Gasteiger partial charge in [0.15, 0.2) is 0 Å². The van der Waals surface area contributed by atoms with Crippen molar-refractivity contribution in [2.24, 2.45) is 0 Å². The number of halogens is 1. The largest absolute Gasteiger partial charge is 0.232 e. The van der Waals surface area contributed by atoms with E-state index in [0.717, 1.165) is 6.08 Å². The van der Waals surface area contributed by atoms with Gasteiger partial charge in [-0.2, -0.15) is 0 Å². The highest BCUT2D eigenvalue weighted by molar-refractivity contribution is 7.72. The van der Waals surface area contributed by atoms with E-state index in [-0.39, 0.29) is 12.1 Å². The van der Waals surface area contributed by atoms with Crippen LogP contribution in [0.15, 0.2) is 12.4 Å². The molecule has 0 rings (SSSR count). The van der Waals surface area contributed by atoms with Crippen molar-refractivity contribution < 1.29 is 12.8 Å². The Morgan fingerprint density at radius 1 is 1.57 bits per heavy atom. The second-order valence-corrected chi connectivity index (χ2v) is 1.91. The average molecular weight is 124 g/mol. The molecule has 0 bridgehead atoms. The molecular weight excluding hydrogens is 119 g/mol. The molecule has 0 fully saturated rings. The highest BCUT2D eigenvalue weighted by Gasteiger charge is 1.74. The molecule has 0 aromatic heterocycles. The maximum absolute atomic E-state index is 10.9. The van der Waals surface area contributed by atoms with Crippen LogP contribution >= 0.6 is 0 Å². The highest BCUT2D eigenvalue weighted by atomic mass is 32.2. The Bertz CT molecular complexity index is 119. The van der Waals surface area contributed by atoms with Crippen molar-refractivity contribution in [2.45, 2.75) is 0 Å². The topological polar surface area (TPSA) is 34.1 Å². The van der Waals surface area contributed by atoms with E-state index in [1.54, 1.807) is 0 Å². The maximum atomic E-state index is 10.9. The summed E-state index contributed by atoms with van der Waals surface area (Å²) in [6.45, 7) is 0. The van der Waals surface area contributed by atoms with Crippen LogP contribution in [0.25, 0.3) is 0 Å². The zero-order valence-electron chi connectivity index (χ0n) is 3.50. The van der Waals surface area contributed by atoms with Crippen LogP contribution in [0.1, 0.15) is 0 Å². The van der Waals surface area contributed by atoms with Crippen molar-refractivity contribution in [3.63, 3.8) is 0 Å². The first-order valence-corrected chi connectivity index (χ1v) is 3.00. The Balaban J connectivity index is 3.33. The predicted octanol–water partition coefficient (Wildman–Crippen LogP) is 0.0810. The molecule has 0 heterocycles. The van der Waals surface area contributed by atoms with Gasteiger partial charge in [0, 0.05) is 0 Å². The summed E-state index contributed by atoms with van der Waals surface area (Å²) >= 11 is 0. The monoisotopic (exact) mass is 124 g/mol. The third-order valence-electron chi connectivity index (χ3n) is 0.344. The third-order valence-corrected chi connectivity index (χ3v) is 0.853. The van der Waals surface area contributed by atoms with Gasteiger partial charge in [-0.25, -0.2) is 12.8 Å². The molecule has 0 aliphatic rings. The standard InChI is InChI=1S/C3H5FO2S/c4-2-1-3-7(5)6/h1-2,7H,3H2. The normalized spacial score (nSPS) is 11.1. The summed E-state index contributed by atoms with van der Waals surface area (Å²) in [6, 6.07) is 0. The molecule has 0 aliphatic heterocycles. The summed E-state index contributed by atoms with van der Waals surface area (Å²) in [6.07, 6.45) is 1.15. The van der Waals surface area contributed by atoms with Gasteiger partial charge in [-0.05, 0) is 6.08 Å². The maximum Gasteiger partial charge on any atom is 0.143 e. The van der Waals surface area contributed by atoms with Gasteiger partial charge in [0.05, 0.1) is 12.1 Å². The van der Waals surface area contributed by atoms with E-state index in [1.807, 2.05) is 0 Å². The molecule has 42 valence electrons. The van der Waals surface area contributed by atoms with E-state index in [9.17, 15) is 12.8 Å². The second kappa shape index (κ2) is 3.80. The Labute approximate surface area is 42.6 Å². The van der Waals surface area contributed by atoms with Crippen LogP contribution in [0, 0.1) is 0 Å². The number of rotatable bonds is 2. The second-order valence-electron chi connectivity index (χ2n) is 0.877. The van der Waals surface area contributed by atoms with Crippen molar-refractivity contribution in [2.75, 3.05) is 5.75 Å². The van der Waals surface area contributed by atoms with Crippen molar-refractivity contribution in [3.05, 3.63) is 12.4 Å². The van der Waals surface area contributed by atoms with Crippen molar-refractivity contribution >= 4 is 10.7 Å². The molecule has 0 aromatic rings. The molecule has 0 radical (unpaired) electrons. The number of hydrogen-bond acceptors (Lipinski definition) is 2. The average Bonchev–Trinajstić information content (AvgIpc) is 1.61. The number of hydrogen-bond donors (Lipinski definition) is 1. The molecule has 7 heavy (non-hydrogen) atoms.